The Balaban J connectivity index is 1.55. The lowest BCUT2D eigenvalue weighted by Crippen LogP contribution is -2.14. The summed E-state index contributed by atoms with van der Waals surface area (Å²) in [6, 6.07) is 5.49. The van der Waals surface area contributed by atoms with Crippen LogP contribution < -0.4 is 0 Å². The third-order valence-electron chi connectivity index (χ3n) is 6.88. The summed E-state index contributed by atoms with van der Waals surface area (Å²) >= 11 is 0. The SMILES string of the molecule is CCCCC1CCC(c2cc(F)c(C3=Cc4ccc(F)c(F)c4CC3)c(F)c2)CC1. The number of fused-ring (bicyclic) bond motifs is 1. The predicted molar refractivity (Wildman–Crippen MR) is 113 cm³/mol. The van der Waals surface area contributed by atoms with Crippen molar-refractivity contribution in [2.45, 2.75) is 70.6 Å². The molecule has 0 spiro atoms. The van der Waals surface area contributed by atoms with Gasteiger partial charge in [0.05, 0.1) is 0 Å². The molecule has 0 radical (unpaired) electrons. The van der Waals surface area contributed by atoms with Crippen LogP contribution in [-0.2, 0) is 6.42 Å². The van der Waals surface area contributed by atoms with Gasteiger partial charge in [0, 0.05) is 5.56 Å². The molecule has 4 heteroatoms. The number of halogens is 4. The molecule has 0 aromatic heterocycles. The van der Waals surface area contributed by atoms with Gasteiger partial charge in [0.2, 0.25) is 0 Å². The molecule has 2 aromatic carbocycles. The van der Waals surface area contributed by atoms with E-state index in [-0.39, 0.29) is 29.9 Å². The topological polar surface area (TPSA) is 0 Å². The zero-order valence-corrected chi connectivity index (χ0v) is 17.4. The van der Waals surface area contributed by atoms with Crippen LogP contribution in [0.3, 0.4) is 0 Å². The molecule has 2 aliphatic carbocycles. The van der Waals surface area contributed by atoms with Crippen LogP contribution in [-0.4, -0.2) is 0 Å². The standard InChI is InChI=1S/C26H28F4/c1-2-3-4-16-5-7-17(8-6-16)20-14-23(28)25(24(29)15-20)19-9-11-21-18(13-19)10-12-22(27)26(21)30/h10,12-17H,2-9,11H2,1H3. The maximum Gasteiger partial charge on any atom is 0.162 e. The van der Waals surface area contributed by atoms with Gasteiger partial charge in [-0.25, -0.2) is 17.6 Å². The molecule has 1 saturated carbocycles. The summed E-state index contributed by atoms with van der Waals surface area (Å²) in [5.74, 6) is -1.93. The van der Waals surface area contributed by atoms with Gasteiger partial charge in [-0.3, -0.25) is 0 Å². The van der Waals surface area contributed by atoms with Crippen molar-refractivity contribution in [3.8, 4) is 0 Å². The van der Waals surface area contributed by atoms with Crippen LogP contribution in [0.2, 0.25) is 0 Å². The van der Waals surface area contributed by atoms with Gasteiger partial charge < -0.3 is 0 Å². The first kappa shape index (κ1) is 21.1. The summed E-state index contributed by atoms with van der Waals surface area (Å²) in [7, 11) is 0. The summed E-state index contributed by atoms with van der Waals surface area (Å²) in [5.41, 5.74) is 1.97. The number of unbranched alkanes of at least 4 members (excludes halogenated alkanes) is 1. The van der Waals surface area contributed by atoms with Gasteiger partial charge in [-0.2, -0.15) is 0 Å². The Morgan fingerprint density at radius 2 is 1.57 bits per heavy atom. The lowest BCUT2D eigenvalue weighted by Gasteiger charge is -2.29. The van der Waals surface area contributed by atoms with E-state index >= 15 is 0 Å². The Morgan fingerprint density at radius 1 is 0.867 bits per heavy atom. The molecule has 2 aromatic rings. The molecule has 160 valence electrons. The molecule has 0 amide bonds. The first-order valence-electron chi connectivity index (χ1n) is 11.1. The maximum atomic E-state index is 15.0. The minimum absolute atomic E-state index is 0.0363. The van der Waals surface area contributed by atoms with E-state index in [2.05, 4.69) is 6.92 Å². The normalized spacial score (nSPS) is 21.3. The van der Waals surface area contributed by atoms with E-state index in [1.807, 2.05) is 0 Å². The van der Waals surface area contributed by atoms with Crippen LogP contribution >= 0.6 is 0 Å². The lowest BCUT2D eigenvalue weighted by atomic mass is 9.76. The smallest absolute Gasteiger partial charge is 0.162 e. The van der Waals surface area contributed by atoms with E-state index in [1.54, 1.807) is 6.08 Å². The van der Waals surface area contributed by atoms with Crippen molar-refractivity contribution in [3.05, 3.63) is 69.8 Å². The summed E-state index contributed by atoms with van der Waals surface area (Å²) in [6.45, 7) is 2.20. The molecule has 1 fully saturated rings. The van der Waals surface area contributed by atoms with Gasteiger partial charge in [0.15, 0.2) is 11.6 Å². The summed E-state index contributed by atoms with van der Waals surface area (Å²) in [6.07, 6.45) is 10.0. The minimum atomic E-state index is -0.892. The van der Waals surface area contributed by atoms with E-state index in [1.165, 1.54) is 37.5 Å². The van der Waals surface area contributed by atoms with Gasteiger partial charge >= 0.3 is 0 Å². The Hall–Kier alpha value is -2.10. The highest BCUT2D eigenvalue weighted by Gasteiger charge is 2.26. The molecule has 0 N–H and O–H groups in total. The van der Waals surface area contributed by atoms with E-state index in [0.717, 1.165) is 43.2 Å². The first-order chi connectivity index (χ1) is 14.5. The van der Waals surface area contributed by atoms with E-state index in [0.29, 0.717) is 11.1 Å². The molecule has 0 bridgehead atoms. The van der Waals surface area contributed by atoms with Crippen LogP contribution in [0.25, 0.3) is 11.6 Å². The van der Waals surface area contributed by atoms with Gasteiger partial charge in [-0.1, -0.05) is 38.3 Å². The average molecular weight is 417 g/mol. The molecule has 0 nitrogen and oxygen atoms in total. The van der Waals surface area contributed by atoms with Crippen molar-refractivity contribution in [1.29, 1.82) is 0 Å². The second-order valence-electron chi connectivity index (χ2n) is 8.82. The van der Waals surface area contributed by atoms with Gasteiger partial charge in [-0.05, 0) is 90.8 Å². The third-order valence-corrected chi connectivity index (χ3v) is 6.88. The van der Waals surface area contributed by atoms with E-state index in [9.17, 15) is 17.6 Å². The lowest BCUT2D eigenvalue weighted by molar-refractivity contribution is 0.303. The Kier molecular flexibility index (Phi) is 6.31. The molecule has 4 rings (SSSR count). The van der Waals surface area contributed by atoms with Crippen molar-refractivity contribution in [1.82, 2.24) is 0 Å². The van der Waals surface area contributed by atoms with Crippen LogP contribution in [0.15, 0.2) is 24.3 Å². The van der Waals surface area contributed by atoms with Crippen molar-refractivity contribution in [2.75, 3.05) is 0 Å². The van der Waals surface area contributed by atoms with Crippen molar-refractivity contribution in [3.63, 3.8) is 0 Å². The van der Waals surface area contributed by atoms with E-state index in [4.69, 9.17) is 0 Å². The Bertz CT molecular complexity index is 929. The molecular weight excluding hydrogens is 388 g/mol. The molecule has 0 saturated heterocycles. The molecule has 0 aliphatic heterocycles. The predicted octanol–water partition coefficient (Wildman–Crippen LogP) is 8.19. The zero-order chi connectivity index (χ0) is 21.3. The van der Waals surface area contributed by atoms with E-state index < -0.39 is 23.3 Å². The maximum absolute atomic E-state index is 15.0. The largest absolute Gasteiger partial charge is 0.206 e. The number of benzene rings is 2. The highest BCUT2D eigenvalue weighted by Crippen LogP contribution is 2.40. The van der Waals surface area contributed by atoms with Crippen LogP contribution in [0.1, 0.15) is 86.5 Å². The Morgan fingerprint density at radius 3 is 2.23 bits per heavy atom. The minimum Gasteiger partial charge on any atom is -0.206 e. The highest BCUT2D eigenvalue weighted by atomic mass is 19.2. The summed E-state index contributed by atoms with van der Waals surface area (Å²) in [5, 5.41) is 0. The van der Waals surface area contributed by atoms with Crippen LogP contribution in [0, 0.1) is 29.2 Å². The number of hydrogen-bond acceptors (Lipinski definition) is 0. The molecule has 30 heavy (non-hydrogen) atoms. The highest BCUT2D eigenvalue weighted by molar-refractivity contribution is 5.85. The summed E-state index contributed by atoms with van der Waals surface area (Å²) in [4.78, 5) is 0. The monoisotopic (exact) mass is 416 g/mol. The average Bonchev–Trinajstić information content (AvgIpc) is 2.75. The van der Waals surface area contributed by atoms with Gasteiger partial charge in [0.1, 0.15) is 11.6 Å². The second-order valence-corrected chi connectivity index (χ2v) is 8.82. The first-order valence-corrected chi connectivity index (χ1v) is 11.1. The molecule has 0 unspecified atom stereocenters. The van der Waals surface area contributed by atoms with Crippen molar-refractivity contribution >= 4 is 11.6 Å². The van der Waals surface area contributed by atoms with Crippen LogP contribution in [0.4, 0.5) is 17.6 Å². The fraction of sp³-hybridized carbons (Fsp3) is 0.462. The molecule has 0 atom stereocenters. The molecular formula is C26H28F4. The third kappa shape index (κ3) is 4.19. The molecule has 0 heterocycles. The van der Waals surface area contributed by atoms with Gasteiger partial charge in [0.25, 0.3) is 0 Å². The molecule has 2 aliphatic rings. The van der Waals surface area contributed by atoms with Crippen molar-refractivity contribution in [2.24, 2.45) is 5.92 Å². The quantitative estimate of drug-likeness (QED) is 0.431. The zero-order valence-electron chi connectivity index (χ0n) is 17.4. The number of allylic oxidation sites excluding steroid dienone is 1. The second kappa shape index (κ2) is 8.95. The van der Waals surface area contributed by atoms with Crippen LogP contribution in [0.5, 0.6) is 0 Å². The summed E-state index contributed by atoms with van der Waals surface area (Å²) < 4.78 is 57.4. The Labute approximate surface area is 176 Å². The fourth-order valence-electron chi connectivity index (χ4n) is 5.13. The van der Waals surface area contributed by atoms with Gasteiger partial charge in [-0.15, -0.1) is 0 Å². The fourth-order valence-corrected chi connectivity index (χ4v) is 5.13. The van der Waals surface area contributed by atoms with Crippen molar-refractivity contribution < 1.29 is 17.6 Å². The number of rotatable bonds is 5. The number of hydrogen-bond donors (Lipinski definition) is 0.